The van der Waals surface area contributed by atoms with Crippen LogP contribution in [0.1, 0.15) is 32.4 Å². The molecule has 2 N–H and O–H groups in total. The lowest BCUT2D eigenvalue weighted by molar-refractivity contribution is 0.225. The number of hydrogen-bond acceptors (Lipinski definition) is 2. The van der Waals surface area contributed by atoms with Crippen molar-refractivity contribution < 1.29 is 5.11 Å². The second-order valence-electron chi connectivity index (χ2n) is 4.35. The second kappa shape index (κ2) is 5.89. The molecule has 84 valence electrons. The summed E-state index contributed by atoms with van der Waals surface area (Å²) < 4.78 is 0. The van der Waals surface area contributed by atoms with Gasteiger partial charge in [0.2, 0.25) is 0 Å². The molecule has 2 atom stereocenters. The zero-order chi connectivity index (χ0) is 11.3. The van der Waals surface area contributed by atoms with Crippen LogP contribution in [0.4, 0.5) is 0 Å². The lowest BCUT2D eigenvalue weighted by atomic mass is 10.0. The lowest BCUT2D eigenvalue weighted by Crippen LogP contribution is -2.35. The maximum Gasteiger partial charge on any atom is 0.0626 e. The highest BCUT2D eigenvalue weighted by atomic mass is 16.3. The first-order valence-corrected chi connectivity index (χ1v) is 5.57. The van der Waals surface area contributed by atoms with Crippen molar-refractivity contribution in [3.05, 3.63) is 35.9 Å². The molecule has 1 aromatic rings. The highest BCUT2D eigenvalue weighted by Gasteiger charge is 2.14. The smallest absolute Gasteiger partial charge is 0.0626 e. The molecule has 1 aromatic carbocycles. The minimum atomic E-state index is 0.0450. The van der Waals surface area contributed by atoms with Crippen LogP contribution in [-0.2, 0) is 0 Å². The predicted molar refractivity (Wildman–Crippen MR) is 63.7 cm³/mol. The van der Waals surface area contributed by atoms with Gasteiger partial charge in [-0.3, -0.25) is 0 Å². The van der Waals surface area contributed by atoms with E-state index in [4.69, 9.17) is 0 Å². The molecule has 0 saturated heterocycles. The van der Waals surface area contributed by atoms with E-state index in [9.17, 15) is 5.11 Å². The monoisotopic (exact) mass is 207 g/mol. The Morgan fingerprint density at radius 3 is 2.20 bits per heavy atom. The van der Waals surface area contributed by atoms with Crippen molar-refractivity contribution in [3.8, 4) is 0 Å². The summed E-state index contributed by atoms with van der Waals surface area (Å²) in [6.45, 7) is 6.64. The first-order chi connectivity index (χ1) is 7.15. The summed E-state index contributed by atoms with van der Waals surface area (Å²) >= 11 is 0. The fourth-order valence-corrected chi connectivity index (χ4v) is 1.45. The average molecular weight is 207 g/mol. The fraction of sp³-hybridized carbons (Fsp3) is 0.538. The maximum atomic E-state index is 9.35. The molecule has 2 heteroatoms. The highest BCUT2D eigenvalue weighted by molar-refractivity contribution is 5.19. The fourth-order valence-electron chi connectivity index (χ4n) is 1.45. The molecule has 0 radical (unpaired) electrons. The maximum absolute atomic E-state index is 9.35. The van der Waals surface area contributed by atoms with E-state index in [1.165, 1.54) is 0 Å². The normalized spacial score (nSPS) is 15.3. The Bertz CT molecular complexity index is 271. The summed E-state index contributed by atoms with van der Waals surface area (Å²) in [5.41, 5.74) is 1.15. The lowest BCUT2D eigenvalue weighted by Gasteiger charge is -2.24. The first kappa shape index (κ1) is 12.2. The molecule has 0 spiro atoms. The SMILES string of the molecule is CC(C)[C@H](C)N[C@@H](CO)c1ccccc1. The van der Waals surface area contributed by atoms with Crippen LogP contribution in [0.3, 0.4) is 0 Å². The van der Waals surface area contributed by atoms with Gasteiger partial charge >= 0.3 is 0 Å². The van der Waals surface area contributed by atoms with Crippen molar-refractivity contribution in [2.24, 2.45) is 5.92 Å². The molecule has 0 saturated carbocycles. The number of hydrogen-bond donors (Lipinski definition) is 2. The Balaban J connectivity index is 2.65. The average Bonchev–Trinajstić information content (AvgIpc) is 2.26. The van der Waals surface area contributed by atoms with E-state index in [2.05, 4.69) is 26.1 Å². The van der Waals surface area contributed by atoms with Gasteiger partial charge in [0.15, 0.2) is 0 Å². The van der Waals surface area contributed by atoms with Crippen LogP contribution in [0.5, 0.6) is 0 Å². The summed E-state index contributed by atoms with van der Waals surface area (Å²) in [6.07, 6.45) is 0. The third-order valence-corrected chi connectivity index (χ3v) is 2.85. The van der Waals surface area contributed by atoms with Crippen molar-refractivity contribution in [1.29, 1.82) is 0 Å². The van der Waals surface area contributed by atoms with Crippen molar-refractivity contribution in [3.63, 3.8) is 0 Å². The van der Waals surface area contributed by atoms with Crippen LogP contribution in [-0.4, -0.2) is 17.8 Å². The van der Waals surface area contributed by atoms with Gasteiger partial charge in [-0.2, -0.15) is 0 Å². The number of aliphatic hydroxyl groups excluding tert-OH is 1. The molecule has 1 rings (SSSR count). The van der Waals surface area contributed by atoms with Crippen molar-refractivity contribution in [2.75, 3.05) is 6.61 Å². The molecule has 0 bridgehead atoms. The first-order valence-electron chi connectivity index (χ1n) is 5.57. The number of rotatable bonds is 5. The van der Waals surface area contributed by atoms with Gasteiger partial charge in [0.25, 0.3) is 0 Å². The van der Waals surface area contributed by atoms with Gasteiger partial charge in [-0.25, -0.2) is 0 Å². The largest absolute Gasteiger partial charge is 0.394 e. The van der Waals surface area contributed by atoms with Gasteiger partial charge in [0.05, 0.1) is 12.6 Å². The molecule has 0 aliphatic rings. The van der Waals surface area contributed by atoms with Gasteiger partial charge in [0.1, 0.15) is 0 Å². The van der Waals surface area contributed by atoms with E-state index in [0.717, 1.165) is 5.56 Å². The van der Waals surface area contributed by atoms with Crippen molar-refractivity contribution >= 4 is 0 Å². The van der Waals surface area contributed by atoms with E-state index < -0.39 is 0 Å². The Kier molecular flexibility index (Phi) is 4.79. The molecule has 0 aromatic heterocycles. The number of nitrogens with one attached hydrogen (secondary N) is 1. The third kappa shape index (κ3) is 3.65. The molecule has 2 nitrogen and oxygen atoms in total. The van der Waals surface area contributed by atoms with E-state index in [-0.39, 0.29) is 12.6 Å². The van der Waals surface area contributed by atoms with Gasteiger partial charge < -0.3 is 10.4 Å². The minimum Gasteiger partial charge on any atom is -0.394 e. The second-order valence-corrected chi connectivity index (χ2v) is 4.35. The van der Waals surface area contributed by atoms with Gasteiger partial charge in [-0.1, -0.05) is 44.2 Å². The molecule has 0 heterocycles. The number of aliphatic hydroxyl groups is 1. The zero-order valence-corrected chi connectivity index (χ0v) is 9.77. The predicted octanol–water partition coefficient (Wildman–Crippen LogP) is 2.35. The minimum absolute atomic E-state index is 0.0450. The molecule has 0 unspecified atom stereocenters. The zero-order valence-electron chi connectivity index (χ0n) is 9.77. The summed E-state index contributed by atoms with van der Waals surface area (Å²) in [5, 5.41) is 12.8. The quantitative estimate of drug-likeness (QED) is 0.777. The van der Waals surface area contributed by atoms with Crippen LogP contribution in [0, 0.1) is 5.92 Å². The molecule has 0 amide bonds. The molecule has 0 aliphatic heterocycles. The van der Waals surface area contributed by atoms with Gasteiger partial charge in [0, 0.05) is 6.04 Å². The Labute approximate surface area is 92.3 Å². The molecule has 0 fully saturated rings. The van der Waals surface area contributed by atoms with E-state index in [1.807, 2.05) is 30.3 Å². The standard InChI is InChI=1S/C13H21NO/c1-10(2)11(3)14-13(9-15)12-7-5-4-6-8-12/h4-8,10-11,13-15H,9H2,1-3H3/t11-,13-/m0/s1. The highest BCUT2D eigenvalue weighted by Crippen LogP contribution is 2.14. The molecule has 15 heavy (non-hydrogen) atoms. The summed E-state index contributed by atoms with van der Waals surface area (Å²) in [5.74, 6) is 0.572. The summed E-state index contributed by atoms with van der Waals surface area (Å²) in [6, 6.07) is 10.5. The van der Waals surface area contributed by atoms with Crippen LogP contribution < -0.4 is 5.32 Å². The van der Waals surface area contributed by atoms with Gasteiger partial charge in [-0.05, 0) is 18.4 Å². The Morgan fingerprint density at radius 1 is 1.13 bits per heavy atom. The molecular formula is C13H21NO. The van der Waals surface area contributed by atoms with Crippen molar-refractivity contribution in [2.45, 2.75) is 32.9 Å². The Morgan fingerprint density at radius 2 is 1.73 bits per heavy atom. The van der Waals surface area contributed by atoms with E-state index in [1.54, 1.807) is 0 Å². The van der Waals surface area contributed by atoms with Crippen LogP contribution in [0.25, 0.3) is 0 Å². The van der Waals surface area contributed by atoms with E-state index in [0.29, 0.717) is 12.0 Å². The van der Waals surface area contributed by atoms with Gasteiger partial charge in [-0.15, -0.1) is 0 Å². The van der Waals surface area contributed by atoms with E-state index >= 15 is 0 Å². The van der Waals surface area contributed by atoms with Crippen LogP contribution >= 0.6 is 0 Å². The molecular weight excluding hydrogens is 186 g/mol. The van der Waals surface area contributed by atoms with Crippen LogP contribution in [0.15, 0.2) is 30.3 Å². The molecule has 0 aliphatic carbocycles. The topological polar surface area (TPSA) is 32.3 Å². The summed E-state index contributed by atoms with van der Waals surface area (Å²) in [4.78, 5) is 0. The third-order valence-electron chi connectivity index (χ3n) is 2.85. The number of benzene rings is 1. The summed E-state index contributed by atoms with van der Waals surface area (Å²) in [7, 11) is 0. The van der Waals surface area contributed by atoms with Crippen LogP contribution in [0.2, 0.25) is 0 Å². The Hall–Kier alpha value is -0.860. The van der Waals surface area contributed by atoms with Crippen molar-refractivity contribution in [1.82, 2.24) is 5.32 Å².